The van der Waals surface area contributed by atoms with E-state index in [1.807, 2.05) is 25.1 Å². The number of carbonyl (C=O) groups excluding carboxylic acids is 1. The Balaban J connectivity index is 2.08. The van der Waals surface area contributed by atoms with Crippen LogP contribution in [0.3, 0.4) is 0 Å². The molecule has 1 heterocycles. The molecule has 4 N–H and O–H groups in total. The lowest BCUT2D eigenvalue weighted by atomic mass is 9.92. The molecule has 124 valence electrons. The summed E-state index contributed by atoms with van der Waals surface area (Å²) < 4.78 is 5.82. The number of carbonyl (C=O) groups is 1. The third kappa shape index (κ3) is 3.35. The SMILES string of the molecule is CC1C=C(c2ccc(C#N)cc2)c2cc(C(=O)N=C(N)N)ccc2O1. The van der Waals surface area contributed by atoms with E-state index in [0.717, 1.165) is 16.7 Å². The Morgan fingerprint density at radius 3 is 2.56 bits per heavy atom. The largest absolute Gasteiger partial charge is 0.486 e. The van der Waals surface area contributed by atoms with Gasteiger partial charge in [-0.2, -0.15) is 10.3 Å². The molecule has 0 radical (unpaired) electrons. The number of hydrogen-bond acceptors (Lipinski definition) is 3. The van der Waals surface area contributed by atoms with Crippen LogP contribution in [0.5, 0.6) is 5.75 Å². The van der Waals surface area contributed by atoms with Crippen molar-refractivity contribution in [3.05, 3.63) is 70.8 Å². The van der Waals surface area contributed by atoms with E-state index in [4.69, 9.17) is 21.5 Å². The highest BCUT2D eigenvalue weighted by Crippen LogP contribution is 2.36. The summed E-state index contributed by atoms with van der Waals surface area (Å²) in [5, 5.41) is 8.95. The Morgan fingerprint density at radius 2 is 1.92 bits per heavy atom. The lowest BCUT2D eigenvalue weighted by molar-refractivity contribution is 0.100. The summed E-state index contributed by atoms with van der Waals surface area (Å²) >= 11 is 0. The first-order valence-electron chi connectivity index (χ1n) is 7.65. The molecule has 0 aliphatic carbocycles. The first-order chi connectivity index (χ1) is 12.0. The van der Waals surface area contributed by atoms with E-state index in [9.17, 15) is 4.79 Å². The third-order valence-corrected chi connectivity index (χ3v) is 3.79. The average molecular weight is 332 g/mol. The number of rotatable bonds is 2. The molecule has 3 rings (SSSR count). The zero-order valence-corrected chi connectivity index (χ0v) is 13.6. The van der Waals surface area contributed by atoms with Gasteiger partial charge in [-0.15, -0.1) is 0 Å². The molecule has 6 heteroatoms. The van der Waals surface area contributed by atoms with Gasteiger partial charge in [-0.25, -0.2) is 0 Å². The van der Waals surface area contributed by atoms with Crippen molar-refractivity contribution in [2.45, 2.75) is 13.0 Å². The highest BCUT2D eigenvalue weighted by atomic mass is 16.5. The van der Waals surface area contributed by atoms with E-state index in [2.05, 4.69) is 11.1 Å². The smallest absolute Gasteiger partial charge is 0.280 e. The molecule has 1 atom stereocenters. The number of guanidine groups is 1. The Labute approximate surface area is 145 Å². The molecule has 1 aliphatic rings. The van der Waals surface area contributed by atoms with Gasteiger partial charge in [0.15, 0.2) is 5.96 Å². The molecular weight excluding hydrogens is 316 g/mol. The van der Waals surface area contributed by atoms with Gasteiger partial charge in [0.2, 0.25) is 0 Å². The normalized spacial score (nSPS) is 15.2. The quantitative estimate of drug-likeness (QED) is 0.646. The Kier molecular flexibility index (Phi) is 4.23. The number of aliphatic imine (C=N–C) groups is 1. The van der Waals surface area contributed by atoms with Crippen LogP contribution in [0.2, 0.25) is 0 Å². The molecule has 0 bridgehead atoms. The maximum Gasteiger partial charge on any atom is 0.280 e. The van der Waals surface area contributed by atoms with Crippen LogP contribution in [0.1, 0.15) is 34.0 Å². The molecule has 0 aromatic heterocycles. The van der Waals surface area contributed by atoms with Crippen molar-refractivity contribution >= 4 is 17.4 Å². The van der Waals surface area contributed by atoms with Crippen molar-refractivity contribution in [1.82, 2.24) is 0 Å². The summed E-state index contributed by atoms with van der Waals surface area (Å²) in [7, 11) is 0. The Hall–Kier alpha value is -3.59. The first-order valence-corrected chi connectivity index (χ1v) is 7.65. The second-order valence-corrected chi connectivity index (χ2v) is 5.65. The molecule has 0 saturated heterocycles. The number of hydrogen-bond donors (Lipinski definition) is 2. The van der Waals surface area contributed by atoms with Crippen LogP contribution < -0.4 is 16.2 Å². The highest BCUT2D eigenvalue weighted by Gasteiger charge is 2.21. The molecule has 0 spiro atoms. The fourth-order valence-corrected chi connectivity index (χ4v) is 2.69. The van der Waals surface area contributed by atoms with E-state index in [-0.39, 0.29) is 12.1 Å². The number of nitriles is 1. The molecule has 0 saturated carbocycles. The van der Waals surface area contributed by atoms with Crippen LogP contribution in [0.15, 0.2) is 53.5 Å². The highest BCUT2D eigenvalue weighted by molar-refractivity contribution is 6.03. The van der Waals surface area contributed by atoms with Crippen molar-refractivity contribution < 1.29 is 9.53 Å². The van der Waals surface area contributed by atoms with Crippen molar-refractivity contribution in [3.8, 4) is 11.8 Å². The van der Waals surface area contributed by atoms with E-state index >= 15 is 0 Å². The number of fused-ring (bicyclic) bond motifs is 1. The van der Waals surface area contributed by atoms with Gasteiger partial charge < -0.3 is 16.2 Å². The van der Waals surface area contributed by atoms with Gasteiger partial charge in [-0.3, -0.25) is 4.79 Å². The lowest BCUT2D eigenvalue weighted by Crippen LogP contribution is -2.24. The number of ether oxygens (including phenoxy) is 1. The number of amides is 1. The van der Waals surface area contributed by atoms with E-state index < -0.39 is 5.91 Å². The van der Waals surface area contributed by atoms with Crippen LogP contribution >= 0.6 is 0 Å². The zero-order chi connectivity index (χ0) is 18.0. The van der Waals surface area contributed by atoms with E-state index in [0.29, 0.717) is 16.9 Å². The lowest BCUT2D eigenvalue weighted by Gasteiger charge is -2.24. The van der Waals surface area contributed by atoms with Gasteiger partial charge in [0, 0.05) is 11.1 Å². The van der Waals surface area contributed by atoms with Crippen molar-refractivity contribution in [3.63, 3.8) is 0 Å². The summed E-state index contributed by atoms with van der Waals surface area (Å²) in [6.45, 7) is 1.94. The topological polar surface area (TPSA) is 114 Å². The van der Waals surface area contributed by atoms with Gasteiger partial charge in [-0.1, -0.05) is 12.1 Å². The molecule has 2 aromatic rings. The monoisotopic (exact) mass is 332 g/mol. The van der Waals surface area contributed by atoms with Crippen molar-refractivity contribution in [2.75, 3.05) is 0 Å². The van der Waals surface area contributed by atoms with Gasteiger partial charge >= 0.3 is 0 Å². The molecule has 1 amide bonds. The fourth-order valence-electron chi connectivity index (χ4n) is 2.69. The van der Waals surface area contributed by atoms with Crippen LogP contribution in [0.25, 0.3) is 5.57 Å². The summed E-state index contributed by atoms with van der Waals surface area (Å²) in [6.07, 6.45) is 1.86. The molecule has 1 aliphatic heterocycles. The van der Waals surface area contributed by atoms with Crippen molar-refractivity contribution in [1.29, 1.82) is 5.26 Å². The summed E-state index contributed by atoms with van der Waals surface area (Å²) in [6, 6.07) is 14.4. The second-order valence-electron chi connectivity index (χ2n) is 5.65. The zero-order valence-electron chi connectivity index (χ0n) is 13.6. The Bertz CT molecular complexity index is 933. The summed E-state index contributed by atoms with van der Waals surface area (Å²) in [5.74, 6) is -0.119. The minimum atomic E-state index is -0.513. The van der Waals surface area contributed by atoms with Gasteiger partial charge in [-0.05, 0) is 54.5 Å². The van der Waals surface area contributed by atoms with Gasteiger partial charge in [0.25, 0.3) is 5.91 Å². The molecule has 25 heavy (non-hydrogen) atoms. The maximum atomic E-state index is 12.1. The predicted octanol–water partition coefficient (Wildman–Crippen LogP) is 2.18. The molecule has 6 nitrogen and oxygen atoms in total. The fraction of sp³-hybridized carbons (Fsp3) is 0.105. The molecule has 0 fully saturated rings. The van der Waals surface area contributed by atoms with Crippen LogP contribution in [0.4, 0.5) is 0 Å². The molecular formula is C19H16N4O2. The second kappa shape index (κ2) is 6.49. The maximum absolute atomic E-state index is 12.1. The van der Waals surface area contributed by atoms with Crippen LogP contribution in [0, 0.1) is 11.3 Å². The van der Waals surface area contributed by atoms with E-state index in [1.54, 1.807) is 30.3 Å². The van der Waals surface area contributed by atoms with Gasteiger partial charge in [0.05, 0.1) is 11.6 Å². The average Bonchev–Trinajstić information content (AvgIpc) is 2.60. The van der Waals surface area contributed by atoms with Crippen molar-refractivity contribution in [2.24, 2.45) is 16.5 Å². The number of benzene rings is 2. The van der Waals surface area contributed by atoms with Gasteiger partial charge in [0.1, 0.15) is 11.9 Å². The summed E-state index contributed by atoms with van der Waals surface area (Å²) in [4.78, 5) is 15.7. The minimum Gasteiger partial charge on any atom is -0.486 e. The third-order valence-electron chi connectivity index (χ3n) is 3.79. The Morgan fingerprint density at radius 1 is 1.20 bits per heavy atom. The number of nitrogens with two attached hydrogens (primary N) is 2. The molecule has 1 unspecified atom stereocenters. The molecule has 2 aromatic carbocycles. The minimum absolute atomic E-state index is 0.114. The van der Waals surface area contributed by atoms with E-state index in [1.165, 1.54) is 0 Å². The summed E-state index contributed by atoms with van der Waals surface area (Å²) in [5.41, 5.74) is 14.1. The van der Waals surface area contributed by atoms with Crippen LogP contribution in [-0.4, -0.2) is 18.0 Å². The standard InChI is InChI=1S/C19H16N4O2/c1-11-8-15(13-4-2-12(10-20)3-5-13)16-9-14(6-7-17(16)25-11)18(24)23-19(21)22/h2-9,11H,1H3,(H4,21,22,23,24). The van der Waals surface area contributed by atoms with Crippen LogP contribution in [-0.2, 0) is 0 Å². The predicted molar refractivity (Wildman–Crippen MR) is 94.9 cm³/mol. The first kappa shape index (κ1) is 16.3. The number of nitrogens with zero attached hydrogens (tertiary/aromatic N) is 2.